The van der Waals surface area contributed by atoms with E-state index in [1.165, 1.54) is 32.2 Å². The van der Waals surface area contributed by atoms with Crippen LogP contribution in [0.4, 0.5) is 0 Å². The van der Waals surface area contributed by atoms with Gasteiger partial charge in [0.25, 0.3) is 0 Å². The van der Waals surface area contributed by atoms with Crippen LogP contribution in [-0.2, 0) is 4.79 Å². The molecule has 0 atom stereocenters. The molecule has 0 saturated carbocycles. The SMILES string of the molecule is COc1c(O)ccc(C=CC(=O)O)c1C(C)=O.Cl. The lowest BCUT2D eigenvalue weighted by molar-refractivity contribution is -0.131. The number of carboxylic acids is 1. The molecule has 0 aromatic heterocycles. The number of ketones is 1. The van der Waals surface area contributed by atoms with Crippen LogP contribution in [0, 0.1) is 0 Å². The van der Waals surface area contributed by atoms with Crippen LogP contribution >= 0.6 is 12.4 Å². The molecule has 0 spiro atoms. The number of rotatable bonds is 4. The summed E-state index contributed by atoms with van der Waals surface area (Å²) in [6.45, 7) is 1.31. The molecule has 2 N–H and O–H groups in total. The van der Waals surface area contributed by atoms with Gasteiger partial charge >= 0.3 is 5.97 Å². The van der Waals surface area contributed by atoms with Crippen LogP contribution in [-0.4, -0.2) is 29.1 Å². The van der Waals surface area contributed by atoms with Crippen molar-refractivity contribution < 1.29 is 24.5 Å². The molecule has 0 fully saturated rings. The Labute approximate surface area is 110 Å². The molecule has 5 nitrogen and oxygen atoms in total. The number of aliphatic carboxylic acids is 1. The summed E-state index contributed by atoms with van der Waals surface area (Å²) in [7, 11) is 1.33. The lowest BCUT2D eigenvalue weighted by Crippen LogP contribution is -2.01. The molecule has 98 valence electrons. The number of phenolic OH excluding ortho intramolecular Hbond substituents is 1. The Hall–Kier alpha value is -2.01. The summed E-state index contributed by atoms with van der Waals surface area (Å²) in [5.74, 6) is -1.55. The van der Waals surface area contributed by atoms with Crippen molar-refractivity contribution in [3.8, 4) is 11.5 Å². The first-order valence-corrected chi connectivity index (χ1v) is 4.79. The van der Waals surface area contributed by atoms with Gasteiger partial charge in [0.1, 0.15) is 0 Å². The Balaban J connectivity index is 0.00000289. The second-order valence-electron chi connectivity index (χ2n) is 3.31. The van der Waals surface area contributed by atoms with Crippen LogP contribution < -0.4 is 4.74 Å². The highest BCUT2D eigenvalue weighted by Gasteiger charge is 2.16. The molecule has 0 radical (unpaired) electrons. The number of carbonyl (C=O) groups is 2. The number of ether oxygens (including phenoxy) is 1. The highest BCUT2D eigenvalue weighted by atomic mass is 35.5. The van der Waals surface area contributed by atoms with Gasteiger partial charge in [-0.05, 0) is 24.6 Å². The Morgan fingerprint density at radius 2 is 1.94 bits per heavy atom. The van der Waals surface area contributed by atoms with Gasteiger partial charge in [-0.25, -0.2) is 4.79 Å². The molecule has 0 amide bonds. The van der Waals surface area contributed by atoms with E-state index in [1.807, 2.05) is 0 Å². The van der Waals surface area contributed by atoms with E-state index in [4.69, 9.17) is 9.84 Å². The van der Waals surface area contributed by atoms with Gasteiger partial charge in [-0.15, -0.1) is 12.4 Å². The van der Waals surface area contributed by atoms with Gasteiger partial charge in [0.05, 0.1) is 12.7 Å². The number of benzene rings is 1. The van der Waals surface area contributed by atoms with Crippen LogP contribution in [0.25, 0.3) is 6.08 Å². The first kappa shape index (κ1) is 16.0. The smallest absolute Gasteiger partial charge is 0.328 e. The van der Waals surface area contributed by atoms with Gasteiger partial charge in [-0.2, -0.15) is 0 Å². The first-order valence-electron chi connectivity index (χ1n) is 4.79. The molecule has 0 unspecified atom stereocenters. The van der Waals surface area contributed by atoms with Crippen LogP contribution in [0.1, 0.15) is 22.8 Å². The predicted octanol–water partition coefficient (Wildman–Crippen LogP) is 2.12. The van der Waals surface area contributed by atoms with Gasteiger partial charge in [-0.1, -0.05) is 6.07 Å². The molecule has 1 aromatic rings. The van der Waals surface area contributed by atoms with Crippen molar-refractivity contribution in [2.24, 2.45) is 0 Å². The number of halogens is 1. The predicted molar refractivity (Wildman–Crippen MR) is 68.6 cm³/mol. The molecular formula is C12H13ClO5. The first-order chi connectivity index (χ1) is 7.97. The summed E-state index contributed by atoms with van der Waals surface area (Å²) in [6, 6.07) is 2.79. The van der Waals surface area contributed by atoms with E-state index in [-0.39, 0.29) is 35.3 Å². The lowest BCUT2D eigenvalue weighted by atomic mass is 10.0. The molecule has 6 heteroatoms. The average molecular weight is 273 g/mol. The van der Waals surface area contributed by atoms with Crippen LogP contribution in [0.5, 0.6) is 11.5 Å². The van der Waals surface area contributed by atoms with E-state index in [1.54, 1.807) is 0 Å². The van der Waals surface area contributed by atoms with Gasteiger partial charge in [0.2, 0.25) is 0 Å². The summed E-state index contributed by atoms with van der Waals surface area (Å²) in [6.07, 6.45) is 2.19. The number of aromatic hydroxyl groups is 1. The highest BCUT2D eigenvalue weighted by molar-refractivity contribution is 6.02. The number of hydrogen-bond acceptors (Lipinski definition) is 4. The molecule has 0 aliphatic rings. The molecule has 0 bridgehead atoms. The Morgan fingerprint density at radius 3 is 2.39 bits per heavy atom. The van der Waals surface area contributed by atoms with E-state index < -0.39 is 5.97 Å². The molecule has 1 rings (SSSR count). The van der Waals surface area contributed by atoms with E-state index in [0.29, 0.717) is 5.56 Å². The van der Waals surface area contributed by atoms with Crippen molar-refractivity contribution in [2.45, 2.75) is 6.92 Å². The zero-order chi connectivity index (χ0) is 13.0. The highest BCUT2D eigenvalue weighted by Crippen LogP contribution is 2.33. The Kier molecular flexibility index (Phi) is 5.92. The minimum Gasteiger partial charge on any atom is -0.504 e. The van der Waals surface area contributed by atoms with E-state index in [9.17, 15) is 14.7 Å². The zero-order valence-electron chi connectivity index (χ0n) is 9.84. The van der Waals surface area contributed by atoms with Crippen molar-refractivity contribution in [1.29, 1.82) is 0 Å². The normalized spacial score (nSPS) is 9.89. The summed E-state index contributed by atoms with van der Waals surface area (Å²) in [5.41, 5.74) is 0.541. The number of carboxylic acid groups (broad SMARTS) is 1. The minimum atomic E-state index is -1.12. The number of carbonyl (C=O) groups excluding carboxylic acids is 1. The lowest BCUT2D eigenvalue weighted by Gasteiger charge is -2.10. The quantitative estimate of drug-likeness (QED) is 0.648. The van der Waals surface area contributed by atoms with Crippen molar-refractivity contribution in [2.75, 3.05) is 7.11 Å². The fourth-order valence-corrected chi connectivity index (χ4v) is 1.46. The number of phenols is 1. The average Bonchev–Trinajstić information content (AvgIpc) is 2.26. The molecule has 18 heavy (non-hydrogen) atoms. The Morgan fingerprint density at radius 1 is 1.33 bits per heavy atom. The van der Waals surface area contributed by atoms with Crippen molar-refractivity contribution >= 4 is 30.2 Å². The topological polar surface area (TPSA) is 83.8 Å². The summed E-state index contributed by atoms with van der Waals surface area (Å²) in [5, 5.41) is 18.1. The monoisotopic (exact) mass is 272 g/mol. The molecule has 0 aliphatic heterocycles. The molecule has 0 aliphatic carbocycles. The largest absolute Gasteiger partial charge is 0.504 e. The van der Waals surface area contributed by atoms with Gasteiger partial charge in [0.15, 0.2) is 17.3 Å². The van der Waals surface area contributed by atoms with E-state index in [0.717, 1.165) is 6.08 Å². The van der Waals surface area contributed by atoms with E-state index >= 15 is 0 Å². The summed E-state index contributed by atoms with van der Waals surface area (Å²) in [4.78, 5) is 21.9. The standard InChI is InChI=1S/C12H12O5.ClH/c1-7(13)11-8(4-6-10(15)16)3-5-9(14)12(11)17-2;/h3-6,14H,1-2H3,(H,15,16);1H. The minimum absolute atomic E-state index is 0. The molecular weight excluding hydrogens is 260 g/mol. The number of methoxy groups -OCH3 is 1. The van der Waals surface area contributed by atoms with Crippen LogP contribution in [0.3, 0.4) is 0 Å². The molecule has 0 saturated heterocycles. The van der Waals surface area contributed by atoms with Gasteiger partial charge in [0, 0.05) is 6.08 Å². The summed E-state index contributed by atoms with van der Waals surface area (Å²) >= 11 is 0. The van der Waals surface area contributed by atoms with Gasteiger partial charge < -0.3 is 14.9 Å². The molecule has 0 heterocycles. The maximum Gasteiger partial charge on any atom is 0.328 e. The second kappa shape index (κ2) is 6.66. The maximum absolute atomic E-state index is 11.5. The number of hydrogen-bond donors (Lipinski definition) is 2. The van der Waals surface area contributed by atoms with Crippen molar-refractivity contribution in [1.82, 2.24) is 0 Å². The van der Waals surface area contributed by atoms with E-state index in [2.05, 4.69) is 0 Å². The van der Waals surface area contributed by atoms with Crippen LogP contribution in [0.2, 0.25) is 0 Å². The van der Waals surface area contributed by atoms with Gasteiger partial charge in [-0.3, -0.25) is 4.79 Å². The third kappa shape index (κ3) is 3.49. The van der Waals surface area contributed by atoms with Crippen molar-refractivity contribution in [3.63, 3.8) is 0 Å². The number of Topliss-reactive ketones (excluding diaryl/α,β-unsaturated/α-hetero) is 1. The fraction of sp³-hybridized carbons (Fsp3) is 0.167. The maximum atomic E-state index is 11.5. The van der Waals surface area contributed by atoms with Crippen LogP contribution in [0.15, 0.2) is 18.2 Å². The Bertz CT molecular complexity index is 493. The third-order valence-electron chi connectivity index (χ3n) is 2.13. The zero-order valence-corrected chi connectivity index (χ0v) is 10.7. The van der Waals surface area contributed by atoms with Crippen molar-refractivity contribution in [3.05, 3.63) is 29.3 Å². The third-order valence-corrected chi connectivity index (χ3v) is 2.13. The second-order valence-corrected chi connectivity index (χ2v) is 3.31. The molecule has 1 aromatic carbocycles. The summed E-state index contributed by atoms with van der Waals surface area (Å²) < 4.78 is 4.93. The fourth-order valence-electron chi connectivity index (χ4n) is 1.46.